The van der Waals surface area contributed by atoms with Gasteiger partial charge in [0.2, 0.25) is 0 Å². The Morgan fingerprint density at radius 1 is 1.33 bits per heavy atom. The predicted octanol–water partition coefficient (Wildman–Crippen LogP) is 1.08. The first kappa shape index (κ1) is 17.6. The molecule has 0 saturated heterocycles. The summed E-state index contributed by atoms with van der Waals surface area (Å²) in [6.07, 6.45) is 0. The zero-order valence-corrected chi connectivity index (χ0v) is 13.8. The molecular formula is C14H28N6O. The van der Waals surface area contributed by atoms with Crippen molar-refractivity contribution < 1.29 is 4.74 Å². The summed E-state index contributed by atoms with van der Waals surface area (Å²) in [5.41, 5.74) is 2.60. The predicted molar refractivity (Wildman–Crippen MR) is 86.2 cm³/mol. The molecule has 0 radical (unpaired) electrons. The van der Waals surface area contributed by atoms with Gasteiger partial charge in [0, 0.05) is 31.8 Å². The van der Waals surface area contributed by atoms with E-state index < -0.39 is 0 Å². The molecule has 0 aromatic carbocycles. The number of aromatic nitrogens is 2. The minimum absolute atomic E-state index is 0.338. The maximum absolute atomic E-state index is 5.51. The second kappa shape index (κ2) is 8.76. The minimum Gasteiger partial charge on any atom is -0.374 e. The molecule has 21 heavy (non-hydrogen) atoms. The van der Waals surface area contributed by atoms with Crippen LogP contribution in [0.1, 0.15) is 26.6 Å². The van der Waals surface area contributed by atoms with E-state index in [1.54, 1.807) is 0 Å². The van der Waals surface area contributed by atoms with Crippen LogP contribution in [0.25, 0.3) is 0 Å². The van der Waals surface area contributed by atoms with Crippen LogP contribution in [0.3, 0.4) is 0 Å². The van der Waals surface area contributed by atoms with Crippen LogP contribution in [-0.2, 0) is 11.3 Å². The first-order chi connectivity index (χ1) is 10.0. The van der Waals surface area contributed by atoms with E-state index in [0.29, 0.717) is 30.9 Å². The summed E-state index contributed by atoms with van der Waals surface area (Å²) >= 11 is 0. The van der Waals surface area contributed by atoms with Crippen molar-refractivity contribution in [1.82, 2.24) is 14.9 Å². The van der Waals surface area contributed by atoms with Crippen LogP contribution in [0.2, 0.25) is 0 Å². The maximum Gasteiger partial charge on any atom is 0.158 e. The van der Waals surface area contributed by atoms with E-state index in [-0.39, 0.29) is 0 Å². The summed E-state index contributed by atoms with van der Waals surface area (Å²) < 4.78 is 5.39. The first-order valence-corrected chi connectivity index (χ1v) is 7.35. The molecule has 0 saturated carbocycles. The molecule has 0 amide bonds. The third-order valence-corrected chi connectivity index (χ3v) is 3.14. The van der Waals surface area contributed by atoms with Crippen LogP contribution in [-0.4, -0.2) is 54.7 Å². The van der Waals surface area contributed by atoms with E-state index >= 15 is 0 Å². The van der Waals surface area contributed by atoms with E-state index in [9.17, 15) is 0 Å². The Kier molecular flexibility index (Phi) is 7.35. The fraction of sp³-hybridized carbons (Fsp3) is 0.714. The van der Waals surface area contributed by atoms with Crippen LogP contribution >= 0.6 is 0 Å². The fourth-order valence-corrected chi connectivity index (χ4v) is 2.29. The Bertz CT molecular complexity index is 426. The lowest BCUT2D eigenvalue weighted by Gasteiger charge is -2.31. The Morgan fingerprint density at radius 2 is 2.05 bits per heavy atom. The van der Waals surface area contributed by atoms with Crippen LogP contribution in [0.5, 0.6) is 0 Å². The Morgan fingerprint density at radius 3 is 2.57 bits per heavy atom. The molecule has 1 rings (SSSR count). The average Bonchev–Trinajstić information content (AvgIpc) is 2.44. The number of nitrogens with two attached hydrogens (primary N) is 1. The number of nitrogens with zero attached hydrogens (tertiary/aromatic N) is 4. The van der Waals surface area contributed by atoms with Gasteiger partial charge >= 0.3 is 0 Å². The van der Waals surface area contributed by atoms with Gasteiger partial charge in [-0.15, -0.1) is 0 Å². The lowest BCUT2D eigenvalue weighted by molar-refractivity contribution is 0.128. The van der Waals surface area contributed by atoms with Crippen molar-refractivity contribution in [1.29, 1.82) is 0 Å². The molecule has 1 aromatic rings. The molecule has 0 bridgehead atoms. The molecule has 0 aliphatic heterocycles. The fourth-order valence-electron chi connectivity index (χ4n) is 2.29. The quantitative estimate of drug-likeness (QED) is 0.521. The third-order valence-electron chi connectivity index (χ3n) is 3.14. The van der Waals surface area contributed by atoms with Gasteiger partial charge in [0.05, 0.1) is 0 Å². The van der Waals surface area contributed by atoms with Crippen molar-refractivity contribution in [2.24, 2.45) is 5.84 Å². The number of ether oxygens (including phenoxy) is 1. The summed E-state index contributed by atoms with van der Waals surface area (Å²) in [4.78, 5) is 13.3. The van der Waals surface area contributed by atoms with Gasteiger partial charge in [-0.25, -0.2) is 15.8 Å². The van der Waals surface area contributed by atoms with Gasteiger partial charge in [-0.05, 0) is 34.9 Å². The van der Waals surface area contributed by atoms with Crippen LogP contribution < -0.4 is 16.2 Å². The van der Waals surface area contributed by atoms with Gasteiger partial charge in [-0.1, -0.05) is 0 Å². The highest BCUT2D eigenvalue weighted by Crippen LogP contribution is 2.18. The van der Waals surface area contributed by atoms with Crippen molar-refractivity contribution in [3.63, 3.8) is 0 Å². The molecule has 1 atom stereocenters. The van der Waals surface area contributed by atoms with Crippen LogP contribution in [0, 0.1) is 0 Å². The van der Waals surface area contributed by atoms with E-state index in [0.717, 1.165) is 18.9 Å². The number of anilines is 2. The Labute approximate surface area is 127 Å². The second-order valence-electron chi connectivity index (χ2n) is 5.21. The molecule has 1 heterocycles. The lowest BCUT2D eigenvalue weighted by atomic mass is 10.2. The highest BCUT2D eigenvalue weighted by atomic mass is 16.5. The number of likely N-dealkylation sites (N-methyl/N-ethyl adjacent to an activating group) is 2. The molecule has 0 fully saturated rings. The topological polar surface area (TPSA) is 79.5 Å². The van der Waals surface area contributed by atoms with Crippen LogP contribution in [0.15, 0.2) is 6.07 Å². The Balaban J connectivity index is 3.01. The summed E-state index contributed by atoms with van der Waals surface area (Å²) in [5.74, 6) is 7.61. The highest BCUT2D eigenvalue weighted by Gasteiger charge is 2.17. The number of nitrogens with one attached hydrogen (secondary N) is 1. The SMILES string of the molecule is CCOCc1nc(NN)cc(N(CC)C(C)CN(C)C)n1. The summed E-state index contributed by atoms with van der Waals surface area (Å²) in [6, 6.07) is 2.20. The van der Waals surface area contributed by atoms with E-state index in [1.807, 2.05) is 13.0 Å². The average molecular weight is 296 g/mol. The van der Waals surface area contributed by atoms with Gasteiger partial charge in [0.15, 0.2) is 5.82 Å². The molecule has 3 N–H and O–H groups in total. The van der Waals surface area contributed by atoms with Gasteiger partial charge in [-0.3, -0.25) is 0 Å². The maximum atomic E-state index is 5.51. The number of hydrogen-bond donors (Lipinski definition) is 2. The molecule has 0 aliphatic rings. The van der Waals surface area contributed by atoms with E-state index in [1.165, 1.54) is 0 Å². The normalized spacial score (nSPS) is 12.5. The summed E-state index contributed by atoms with van der Waals surface area (Å²) in [7, 11) is 4.13. The molecular weight excluding hydrogens is 268 g/mol. The molecule has 0 aliphatic carbocycles. The van der Waals surface area contributed by atoms with Crippen molar-refractivity contribution in [2.45, 2.75) is 33.4 Å². The van der Waals surface area contributed by atoms with Crippen molar-refractivity contribution in [3.05, 3.63) is 11.9 Å². The van der Waals surface area contributed by atoms with Gasteiger partial charge in [-0.2, -0.15) is 0 Å². The molecule has 7 nitrogen and oxygen atoms in total. The third kappa shape index (κ3) is 5.45. The second-order valence-corrected chi connectivity index (χ2v) is 5.21. The number of rotatable bonds is 9. The highest BCUT2D eigenvalue weighted by molar-refractivity contribution is 5.49. The van der Waals surface area contributed by atoms with Gasteiger partial charge < -0.3 is 20.0 Å². The minimum atomic E-state index is 0.338. The van der Waals surface area contributed by atoms with Gasteiger partial charge in [0.1, 0.15) is 18.2 Å². The van der Waals surface area contributed by atoms with Crippen molar-refractivity contribution in [3.8, 4) is 0 Å². The Hall–Kier alpha value is -1.44. The first-order valence-electron chi connectivity index (χ1n) is 7.35. The lowest BCUT2D eigenvalue weighted by Crippen LogP contribution is -2.40. The molecule has 7 heteroatoms. The largest absolute Gasteiger partial charge is 0.374 e. The number of hydrazine groups is 1. The number of hydrogen-bond acceptors (Lipinski definition) is 7. The van der Waals surface area contributed by atoms with Crippen molar-refractivity contribution >= 4 is 11.6 Å². The van der Waals surface area contributed by atoms with Gasteiger partial charge in [0.25, 0.3) is 0 Å². The zero-order chi connectivity index (χ0) is 15.8. The molecule has 120 valence electrons. The monoisotopic (exact) mass is 296 g/mol. The summed E-state index contributed by atoms with van der Waals surface area (Å²) in [6.45, 7) is 9.08. The zero-order valence-electron chi connectivity index (χ0n) is 13.8. The molecule has 0 spiro atoms. The molecule has 1 unspecified atom stereocenters. The van der Waals surface area contributed by atoms with E-state index in [4.69, 9.17) is 10.6 Å². The summed E-state index contributed by atoms with van der Waals surface area (Å²) in [5, 5.41) is 0. The van der Waals surface area contributed by atoms with Crippen LogP contribution in [0.4, 0.5) is 11.6 Å². The smallest absolute Gasteiger partial charge is 0.158 e. The van der Waals surface area contributed by atoms with E-state index in [2.05, 4.69) is 53.1 Å². The van der Waals surface area contributed by atoms with Crippen molar-refractivity contribution in [2.75, 3.05) is 44.1 Å². The number of nitrogen functional groups attached to an aromatic ring is 1. The standard InChI is InChI=1S/C14H28N6O/c1-6-20(11(3)9-19(4)5)14-8-12(18-15)16-13(17-14)10-21-7-2/h8,11H,6-7,9-10,15H2,1-5H3,(H,16,17,18). The molecule has 1 aromatic heterocycles.